The lowest BCUT2D eigenvalue weighted by molar-refractivity contribution is -0.143. The first-order chi connectivity index (χ1) is 7.90. The molecule has 17 heavy (non-hydrogen) atoms. The molecular formula is C11H11ClFNO3. The summed E-state index contributed by atoms with van der Waals surface area (Å²) in [5.74, 6) is -2.13. The highest BCUT2D eigenvalue weighted by Crippen LogP contribution is 2.15. The number of rotatable bonds is 4. The molecule has 4 nitrogen and oxygen atoms in total. The third kappa shape index (κ3) is 4.03. The number of carbonyl (C=O) groups excluding carboxylic acids is 1. The second kappa shape index (κ2) is 5.63. The number of carbonyl (C=O) groups is 2. The molecule has 92 valence electrons. The number of hydrogen-bond acceptors (Lipinski definition) is 2. The molecule has 0 aliphatic carbocycles. The van der Waals surface area contributed by atoms with E-state index < -0.39 is 24.2 Å². The average molecular weight is 260 g/mol. The summed E-state index contributed by atoms with van der Waals surface area (Å²) in [6.07, 6.45) is -0.212. The van der Waals surface area contributed by atoms with Crippen LogP contribution in [0, 0.1) is 5.82 Å². The Morgan fingerprint density at radius 1 is 1.47 bits per heavy atom. The first-order valence-corrected chi connectivity index (χ1v) is 5.17. The van der Waals surface area contributed by atoms with Gasteiger partial charge in [-0.1, -0.05) is 11.6 Å². The number of carboxylic acid groups (broad SMARTS) is 1. The van der Waals surface area contributed by atoms with Crippen LogP contribution in [-0.4, -0.2) is 35.5 Å². The van der Waals surface area contributed by atoms with Gasteiger partial charge in [0.25, 0.3) is 0 Å². The van der Waals surface area contributed by atoms with Crippen LogP contribution in [0.1, 0.15) is 5.56 Å². The summed E-state index contributed by atoms with van der Waals surface area (Å²) in [7, 11) is 1.35. The van der Waals surface area contributed by atoms with Gasteiger partial charge in [-0.15, -0.1) is 0 Å². The Labute approximate surface area is 103 Å². The van der Waals surface area contributed by atoms with Gasteiger partial charge in [0, 0.05) is 12.1 Å². The fourth-order valence-corrected chi connectivity index (χ4v) is 1.46. The zero-order chi connectivity index (χ0) is 13.0. The van der Waals surface area contributed by atoms with Gasteiger partial charge in [-0.05, 0) is 23.8 Å². The van der Waals surface area contributed by atoms with Crippen LogP contribution in [0.15, 0.2) is 18.2 Å². The van der Waals surface area contributed by atoms with Crippen molar-refractivity contribution in [2.75, 3.05) is 13.6 Å². The number of nitrogens with zero attached hydrogens (tertiary/aromatic N) is 1. The minimum atomic E-state index is -1.12. The van der Waals surface area contributed by atoms with Crippen molar-refractivity contribution in [3.8, 4) is 0 Å². The molecule has 0 radical (unpaired) electrons. The Morgan fingerprint density at radius 2 is 2.12 bits per heavy atom. The number of likely N-dealkylation sites (N-methyl/N-ethyl adjacent to an activating group) is 1. The number of hydrogen-bond donors (Lipinski definition) is 1. The Morgan fingerprint density at radius 3 is 2.71 bits per heavy atom. The van der Waals surface area contributed by atoms with E-state index in [1.807, 2.05) is 0 Å². The molecule has 1 rings (SSSR count). The minimum Gasteiger partial charge on any atom is -0.480 e. The number of benzene rings is 1. The normalized spacial score (nSPS) is 10.1. The maximum Gasteiger partial charge on any atom is 0.323 e. The van der Waals surface area contributed by atoms with Crippen LogP contribution in [0.5, 0.6) is 0 Å². The van der Waals surface area contributed by atoms with Gasteiger partial charge in [0.2, 0.25) is 5.91 Å². The summed E-state index contributed by atoms with van der Waals surface area (Å²) < 4.78 is 13.3. The van der Waals surface area contributed by atoms with E-state index in [2.05, 4.69) is 0 Å². The quantitative estimate of drug-likeness (QED) is 0.893. The molecule has 0 unspecified atom stereocenters. The molecule has 1 N–H and O–H groups in total. The topological polar surface area (TPSA) is 57.6 Å². The van der Waals surface area contributed by atoms with Crippen molar-refractivity contribution >= 4 is 23.5 Å². The van der Waals surface area contributed by atoms with Crippen molar-refractivity contribution in [1.82, 2.24) is 4.90 Å². The summed E-state index contributed by atoms with van der Waals surface area (Å²) in [5.41, 5.74) is 0.153. The molecule has 0 aliphatic heterocycles. The first-order valence-electron chi connectivity index (χ1n) is 4.80. The SMILES string of the molecule is CN(CC(=O)O)C(=O)Cc1cc(Cl)ccc1F. The molecule has 0 heterocycles. The van der Waals surface area contributed by atoms with Crippen LogP contribution in [0.2, 0.25) is 5.02 Å². The second-order valence-corrected chi connectivity index (χ2v) is 3.99. The van der Waals surface area contributed by atoms with E-state index in [9.17, 15) is 14.0 Å². The molecule has 0 bridgehead atoms. The number of aliphatic carboxylic acids is 1. The van der Waals surface area contributed by atoms with Gasteiger partial charge in [0.1, 0.15) is 12.4 Å². The molecule has 6 heteroatoms. The van der Waals surface area contributed by atoms with E-state index in [0.29, 0.717) is 5.02 Å². The lowest BCUT2D eigenvalue weighted by atomic mass is 10.1. The summed E-state index contributed by atoms with van der Waals surface area (Å²) in [5, 5.41) is 8.84. The highest BCUT2D eigenvalue weighted by molar-refractivity contribution is 6.30. The Balaban J connectivity index is 2.73. The molecule has 1 aromatic rings. The molecule has 0 saturated carbocycles. The van der Waals surface area contributed by atoms with E-state index >= 15 is 0 Å². The Kier molecular flexibility index (Phi) is 4.45. The van der Waals surface area contributed by atoms with Gasteiger partial charge in [-0.2, -0.15) is 0 Å². The molecular weight excluding hydrogens is 249 g/mol. The summed E-state index contributed by atoms with van der Waals surface area (Å²) in [6, 6.07) is 3.90. The third-order valence-electron chi connectivity index (χ3n) is 2.15. The number of halogens is 2. The Bertz CT molecular complexity index is 450. The van der Waals surface area contributed by atoms with Crippen LogP contribution < -0.4 is 0 Å². The summed E-state index contributed by atoms with van der Waals surface area (Å²) in [6.45, 7) is -0.416. The van der Waals surface area contributed by atoms with E-state index in [1.165, 1.54) is 25.2 Å². The largest absolute Gasteiger partial charge is 0.480 e. The molecule has 0 atom stereocenters. The van der Waals surface area contributed by atoms with Gasteiger partial charge in [-0.25, -0.2) is 4.39 Å². The van der Waals surface area contributed by atoms with Crippen molar-refractivity contribution in [1.29, 1.82) is 0 Å². The van der Waals surface area contributed by atoms with Crippen LogP contribution in [0.3, 0.4) is 0 Å². The maximum absolute atomic E-state index is 13.3. The molecule has 0 spiro atoms. The lowest BCUT2D eigenvalue weighted by Gasteiger charge is -2.14. The van der Waals surface area contributed by atoms with E-state index in [4.69, 9.17) is 16.7 Å². The smallest absolute Gasteiger partial charge is 0.323 e. The summed E-state index contributed by atoms with van der Waals surface area (Å²) in [4.78, 5) is 23.0. The average Bonchev–Trinajstić information content (AvgIpc) is 2.22. The van der Waals surface area contributed by atoms with Gasteiger partial charge >= 0.3 is 5.97 Å². The predicted octanol–water partition coefficient (Wildman–Crippen LogP) is 1.56. The molecule has 0 fully saturated rings. The van der Waals surface area contributed by atoms with Gasteiger partial charge in [0.15, 0.2) is 0 Å². The van der Waals surface area contributed by atoms with E-state index in [1.54, 1.807) is 0 Å². The molecule has 1 amide bonds. The summed E-state index contributed by atoms with van der Waals surface area (Å²) >= 11 is 5.68. The molecule has 0 saturated heterocycles. The second-order valence-electron chi connectivity index (χ2n) is 3.56. The first kappa shape index (κ1) is 13.4. The molecule has 0 aromatic heterocycles. The highest BCUT2D eigenvalue weighted by atomic mass is 35.5. The monoisotopic (exact) mass is 259 g/mol. The number of carboxylic acids is 1. The lowest BCUT2D eigenvalue weighted by Crippen LogP contribution is -2.33. The standard InChI is InChI=1S/C11H11ClFNO3/c1-14(6-11(16)17)10(15)5-7-4-8(12)2-3-9(7)13/h2-4H,5-6H2,1H3,(H,16,17). The predicted molar refractivity (Wildman–Crippen MR) is 60.4 cm³/mol. The van der Waals surface area contributed by atoms with Crippen molar-refractivity contribution in [2.45, 2.75) is 6.42 Å². The van der Waals surface area contributed by atoms with Crippen molar-refractivity contribution in [3.63, 3.8) is 0 Å². The van der Waals surface area contributed by atoms with Gasteiger partial charge < -0.3 is 10.0 Å². The van der Waals surface area contributed by atoms with Crippen molar-refractivity contribution < 1.29 is 19.1 Å². The zero-order valence-corrected chi connectivity index (χ0v) is 9.87. The van der Waals surface area contributed by atoms with Crippen LogP contribution >= 0.6 is 11.6 Å². The van der Waals surface area contributed by atoms with Crippen LogP contribution in [-0.2, 0) is 16.0 Å². The van der Waals surface area contributed by atoms with Crippen LogP contribution in [0.4, 0.5) is 4.39 Å². The van der Waals surface area contributed by atoms with Gasteiger partial charge in [0.05, 0.1) is 6.42 Å². The minimum absolute atomic E-state index is 0.153. The van der Waals surface area contributed by atoms with Crippen molar-refractivity contribution in [3.05, 3.63) is 34.6 Å². The zero-order valence-electron chi connectivity index (χ0n) is 9.11. The molecule has 0 aliphatic rings. The van der Waals surface area contributed by atoms with Crippen molar-refractivity contribution in [2.24, 2.45) is 0 Å². The maximum atomic E-state index is 13.3. The number of amides is 1. The van der Waals surface area contributed by atoms with E-state index in [0.717, 1.165) is 4.90 Å². The Hall–Kier alpha value is -1.62. The highest BCUT2D eigenvalue weighted by Gasteiger charge is 2.14. The fraction of sp³-hybridized carbons (Fsp3) is 0.273. The third-order valence-corrected chi connectivity index (χ3v) is 2.38. The fourth-order valence-electron chi connectivity index (χ4n) is 1.27. The van der Waals surface area contributed by atoms with Crippen LogP contribution in [0.25, 0.3) is 0 Å². The van der Waals surface area contributed by atoms with Gasteiger partial charge in [-0.3, -0.25) is 9.59 Å². The van der Waals surface area contributed by atoms with E-state index in [-0.39, 0.29) is 12.0 Å². The molecule has 1 aromatic carbocycles.